The minimum absolute atomic E-state index is 0.0384. The molecule has 0 radical (unpaired) electrons. The average Bonchev–Trinajstić information content (AvgIpc) is 2.93. The van der Waals surface area contributed by atoms with Crippen molar-refractivity contribution < 1.29 is 9.47 Å². The van der Waals surface area contributed by atoms with Crippen LogP contribution >= 0.6 is 0 Å². The first kappa shape index (κ1) is 34.6. The fourth-order valence-electron chi connectivity index (χ4n) is 4.07. The lowest BCUT2D eigenvalue weighted by Gasteiger charge is -2.35. The number of rotatable bonds is 3. The summed E-state index contributed by atoms with van der Waals surface area (Å²) in [5.41, 5.74) is 5.75. The zero-order chi connectivity index (χ0) is 32.4. The Labute approximate surface area is 268 Å². The summed E-state index contributed by atoms with van der Waals surface area (Å²) < 4.78 is 12.5. The predicted molar refractivity (Wildman–Crippen MR) is 184 cm³/mol. The SMILES string of the molecule is CCCC#Cc1cc(C#CCCC)cc(C#Cc2cc(C#CC(C)(C)C)c(C3OCC(C)(C)CO3)cc2C#CC(C)(C)C)c1. The van der Waals surface area contributed by atoms with Crippen molar-refractivity contribution in [1.82, 2.24) is 0 Å². The second-order valence-corrected chi connectivity index (χ2v) is 14.3. The summed E-state index contributed by atoms with van der Waals surface area (Å²) in [5.74, 6) is 33.6. The van der Waals surface area contributed by atoms with Gasteiger partial charge in [-0.2, -0.15) is 0 Å². The normalized spacial score (nSPS) is 14.2. The largest absolute Gasteiger partial charge is 0.348 e. The maximum absolute atomic E-state index is 6.23. The first-order chi connectivity index (χ1) is 20.7. The van der Waals surface area contributed by atoms with E-state index in [1.807, 2.05) is 18.2 Å². The molecule has 44 heavy (non-hydrogen) atoms. The molecule has 2 nitrogen and oxygen atoms in total. The zero-order valence-corrected chi connectivity index (χ0v) is 28.5. The van der Waals surface area contributed by atoms with Gasteiger partial charge in [0.05, 0.1) is 13.2 Å². The Morgan fingerprint density at radius 1 is 0.614 bits per heavy atom. The summed E-state index contributed by atoms with van der Waals surface area (Å²) in [4.78, 5) is 0. The fraction of sp³-hybridized carbons (Fsp3) is 0.476. The lowest BCUT2D eigenvalue weighted by molar-refractivity contribution is -0.226. The molecule has 1 saturated heterocycles. The van der Waals surface area contributed by atoms with Gasteiger partial charge in [-0.05, 0) is 84.7 Å². The molecule has 0 spiro atoms. The number of hydrogen-bond donors (Lipinski definition) is 0. The third-order valence-electron chi connectivity index (χ3n) is 6.33. The number of unbranched alkanes of at least 4 members (excludes halogenated alkanes) is 2. The van der Waals surface area contributed by atoms with Crippen molar-refractivity contribution in [2.75, 3.05) is 13.2 Å². The Hall–Kier alpha value is -3.84. The highest BCUT2D eigenvalue weighted by Crippen LogP contribution is 2.34. The first-order valence-corrected chi connectivity index (χ1v) is 15.8. The van der Waals surface area contributed by atoms with Crippen molar-refractivity contribution in [2.45, 2.75) is 101 Å². The van der Waals surface area contributed by atoms with Crippen LogP contribution in [0.3, 0.4) is 0 Å². The Morgan fingerprint density at radius 2 is 1.07 bits per heavy atom. The highest BCUT2D eigenvalue weighted by molar-refractivity contribution is 5.60. The summed E-state index contributed by atoms with van der Waals surface area (Å²) in [6, 6.07) is 10.2. The molecule has 1 heterocycles. The summed E-state index contributed by atoms with van der Waals surface area (Å²) >= 11 is 0. The molecule has 2 aromatic carbocycles. The second-order valence-electron chi connectivity index (χ2n) is 14.3. The maximum Gasteiger partial charge on any atom is 0.185 e. The standard InChI is InChI=1S/C42H48O2/c1-11-13-15-17-32-25-33(18-16-14-12-2)27-34(26-32)19-20-35-28-37(22-24-41(6,7)8)38(29-36(35)21-23-40(3,4)5)39-43-30-42(9,10)31-44-39/h25-29,39H,11-14,30-31H2,1-10H3. The molecule has 1 fully saturated rings. The molecule has 1 aliphatic heterocycles. The van der Waals surface area contributed by atoms with Crippen molar-refractivity contribution in [3.8, 4) is 59.2 Å². The summed E-state index contributed by atoms with van der Waals surface area (Å²) in [6.07, 6.45) is 3.27. The van der Waals surface area contributed by atoms with Crippen LogP contribution in [-0.4, -0.2) is 13.2 Å². The minimum Gasteiger partial charge on any atom is -0.348 e. The Balaban J connectivity index is 2.22. The van der Waals surface area contributed by atoms with E-state index in [2.05, 4.69) is 141 Å². The fourth-order valence-corrected chi connectivity index (χ4v) is 4.07. The van der Waals surface area contributed by atoms with Crippen molar-refractivity contribution >= 4 is 0 Å². The molecular formula is C42H48O2. The van der Waals surface area contributed by atoms with Crippen molar-refractivity contribution in [3.63, 3.8) is 0 Å². The van der Waals surface area contributed by atoms with Gasteiger partial charge < -0.3 is 9.47 Å². The molecule has 0 aromatic heterocycles. The Kier molecular flexibility index (Phi) is 12.0. The second kappa shape index (κ2) is 15.2. The number of hydrogen-bond acceptors (Lipinski definition) is 2. The third kappa shape index (κ3) is 11.7. The van der Waals surface area contributed by atoms with Crippen LogP contribution in [0.1, 0.15) is 140 Å². The van der Waals surface area contributed by atoms with Crippen LogP contribution in [0.2, 0.25) is 0 Å². The molecule has 0 unspecified atom stereocenters. The first-order valence-electron chi connectivity index (χ1n) is 15.8. The van der Waals surface area contributed by atoms with Gasteiger partial charge in [-0.15, -0.1) is 0 Å². The van der Waals surface area contributed by atoms with Crippen LogP contribution < -0.4 is 0 Å². The van der Waals surface area contributed by atoms with Gasteiger partial charge in [0.25, 0.3) is 0 Å². The zero-order valence-electron chi connectivity index (χ0n) is 28.5. The minimum atomic E-state index is -0.507. The van der Waals surface area contributed by atoms with E-state index in [0.717, 1.165) is 64.6 Å². The molecule has 0 saturated carbocycles. The number of ether oxygens (including phenoxy) is 2. The molecule has 0 bridgehead atoms. The number of benzene rings is 2. The molecule has 1 aliphatic rings. The van der Waals surface area contributed by atoms with Crippen LogP contribution in [0.4, 0.5) is 0 Å². The smallest absolute Gasteiger partial charge is 0.185 e. The molecule has 2 heteroatoms. The van der Waals surface area contributed by atoms with E-state index in [4.69, 9.17) is 9.47 Å². The van der Waals surface area contributed by atoms with E-state index >= 15 is 0 Å². The van der Waals surface area contributed by atoms with Crippen LogP contribution in [0.25, 0.3) is 0 Å². The van der Waals surface area contributed by atoms with Crippen LogP contribution in [-0.2, 0) is 9.47 Å². The molecule has 0 amide bonds. The Bertz CT molecular complexity index is 1590. The van der Waals surface area contributed by atoms with Gasteiger partial charge in [-0.3, -0.25) is 0 Å². The average molecular weight is 585 g/mol. The highest BCUT2D eigenvalue weighted by atomic mass is 16.7. The van der Waals surface area contributed by atoms with Crippen LogP contribution in [0.5, 0.6) is 0 Å². The predicted octanol–water partition coefficient (Wildman–Crippen LogP) is 9.26. The highest BCUT2D eigenvalue weighted by Gasteiger charge is 2.30. The van der Waals surface area contributed by atoms with Gasteiger partial charge in [-0.25, -0.2) is 0 Å². The molecular weight excluding hydrogens is 536 g/mol. The van der Waals surface area contributed by atoms with Crippen molar-refractivity contribution in [1.29, 1.82) is 0 Å². The monoisotopic (exact) mass is 584 g/mol. The van der Waals surface area contributed by atoms with Crippen LogP contribution in [0, 0.1) is 75.4 Å². The van der Waals surface area contributed by atoms with Crippen molar-refractivity contribution in [2.24, 2.45) is 16.2 Å². The maximum atomic E-state index is 6.23. The molecule has 0 aliphatic carbocycles. The van der Waals surface area contributed by atoms with E-state index in [-0.39, 0.29) is 16.2 Å². The lowest BCUT2D eigenvalue weighted by Crippen LogP contribution is -2.34. The van der Waals surface area contributed by atoms with E-state index in [1.165, 1.54) is 0 Å². The summed E-state index contributed by atoms with van der Waals surface area (Å²) in [7, 11) is 0. The summed E-state index contributed by atoms with van der Waals surface area (Å²) in [5, 5.41) is 0. The molecule has 228 valence electrons. The van der Waals surface area contributed by atoms with Crippen LogP contribution in [0.15, 0.2) is 30.3 Å². The van der Waals surface area contributed by atoms with Gasteiger partial charge in [0.1, 0.15) is 0 Å². The van der Waals surface area contributed by atoms with Gasteiger partial charge in [-0.1, -0.05) is 86.9 Å². The summed E-state index contributed by atoms with van der Waals surface area (Å²) in [6.45, 7) is 22.4. The Morgan fingerprint density at radius 3 is 1.55 bits per heavy atom. The van der Waals surface area contributed by atoms with Crippen molar-refractivity contribution in [3.05, 3.63) is 69.3 Å². The van der Waals surface area contributed by atoms with Gasteiger partial charge >= 0.3 is 0 Å². The van der Waals surface area contributed by atoms with E-state index in [0.29, 0.717) is 13.2 Å². The molecule has 0 N–H and O–H groups in total. The van der Waals surface area contributed by atoms with Gasteiger partial charge in [0.15, 0.2) is 6.29 Å². The topological polar surface area (TPSA) is 18.5 Å². The third-order valence-corrected chi connectivity index (χ3v) is 6.33. The van der Waals surface area contributed by atoms with E-state index < -0.39 is 6.29 Å². The lowest BCUT2D eigenvalue weighted by atomic mass is 9.92. The van der Waals surface area contributed by atoms with E-state index in [1.54, 1.807) is 0 Å². The molecule has 0 atom stereocenters. The van der Waals surface area contributed by atoms with E-state index in [9.17, 15) is 0 Å². The van der Waals surface area contributed by atoms with Gasteiger partial charge in [0, 0.05) is 68.0 Å². The van der Waals surface area contributed by atoms with Gasteiger partial charge in [0.2, 0.25) is 0 Å². The quantitative estimate of drug-likeness (QED) is 0.335. The molecule has 2 aromatic rings. The molecule has 3 rings (SSSR count).